The van der Waals surface area contributed by atoms with Crippen LogP contribution in [0, 0.1) is 0 Å². The van der Waals surface area contributed by atoms with Gasteiger partial charge in [-0.1, -0.05) is 104 Å². The summed E-state index contributed by atoms with van der Waals surface area (Å²) in [6.45, 7) is 15.8. The van der Waals surface area contributed by atoms with Gasteiger partial charge < -0.3 is 63.8 Å². The van der Waals surface area contributed by atoms with E-state index in [0.717, 1.165) is 44.4 Å². The SMILES string of the molecule is C=C(F)c1ccc(N2CCNC(c3cccc(Cl)c3)C2)nc1C(=O)c1cccnc1N.C=C(F)c1ccc(N2CCN[C@@H](c3ccccc3)C2)nc1C(=O)c1cccnc1N.C=C(F)c1ccc(N2CCN[C@H](c3ccccc3)C2)nc1C(=O)c1cccnc1N.Nc1ncccc1C(=O)c1nc(N2CCNC(C(F)(F)F)C2)ccc1C(F)(F)F.[HH].[HH].[HH].[HH].[HH].[HH].[HH].[HH].[HH].[HH].[HH]. The molecule has 0 spiro atoms. The van der Waals surface area contributed by atoms with E-state index in [1.165, 1.54) is 59.0 Å². The van der Waals surface area contributed by atoms with Gasteiger partial charge in [-0.25, -0.2) is 53.0 Å². The molecule has 4 saturated heterocycles. The Balaban J connectivity index is 0.000000850. The number of carbonyl (C=O) groups is 4. The molecular weight excluding hydrogens is 1580 g/mol. The molecule has 0 aliphatic carbocycles. The maximum atomic E-state index is 14.1. The number of rotatable bonds is 18. The number of ketones is 4. The zero-order chi connectivity index (χ0) is 85.5. The lowest BCUT2D eigenvalue weighted by Crippen LogP contribution is -2.57. The van der Waals surface area contributed by atoms with Crippen LogP contribution in [-0.2, 0) is 6.18 Å². The zero-order valence-corrected chi connectivity index (χ0v) is 64.9. The summed E-state index contributed by atoms with van der Waals surface area (Å²) < 4.78 is 121. The van der Waals surface area contributed by atoms with Crippen LogP contribution in [0.4, 0.5) is 86.1 Å². The summed E-state index contributed by atoms with van der Waals surface area (Å²) in [6.07, 6.45) is -3.69. The maximum Gasteiger partial charge on any atom is 0.418 e. The quantitative estimate of drug-likeness (QED) is 0.0292. The van der Waals surface area contributed by atoms with E-state index in [0.29, 0.717) is 54.7 Å². The molecule has 8 aromatic heterocycles. The van der Waals surface area contributed by atoms with Gasteiger partial charge in [0.15, 0.2) is 0 Å². The van der Waals surface area contributed by atoms with Crippen molar-refractivity contribution in [3.63, 3.8) is 0 Å². The second-order valence-corrected chi connectivity index (χ2v) is 28.2. The van der Waals surface area contributed by atoms with Crippen LogP contribution in [0.1, 0.15) is 137 Å². The van der Waals surface area contributed by atoms with E-state index < -0.39 is 76.8 Å². The van der Waals surface area contributed by atoms with Crippen LogP contribution in [-0.4, -0.2) is 154 Å². The van der Waals surface area contributed by atoms with Crippen molar-refractivity contribution in [1.29, 1.82) is 0 Å². The molecular formula is C86H102ClF9N20O4. The first-order valence-corrected chi connectivity index (χ1v) is 37.9. The number of benzene rings is 3. The Bertz CT molecular complexity index is 5480. The highest BCUT2D eigenvalue weighted by Crippen LogP contribution is 2.37. The molecule has 640 valence electrons. The number of anilines is 8. The van der Waals surface area contributed by atoms with Gasteiger partial charge in [-0.15, -0.1) is 0 Å². The highest BCUT2D eigenvalue weighted by Gasteiger charge is 2.44. The van der Waals surface area contributed by atoms with Crippen molar-refractivity contribution >= 4 is 98.8 Å². The lowest BCUT2D eigenvalue weighted by molar-refractivity contribution is -0.155. The number of nitrogens with two attached hydrogens (primary N) is 4. The Morgan fingerprint density at radius 1 is 0.375 bits per heavy atom. The molecule has 3 aromatic carbocycles. The van der Waals surface area contributed by atoms with Gasteiger partial charge in [0.25, 0.3) is 0 Å². The van der Waals surface area contributed by atoms with Crippen LogP contribution >= 0.6 is 11.6 Å². The Morgan fingerprint density at radius 2 is 0.683 bits per heavy atom. The smallest absolute Gasteiger partial charge is 0.383 e. The van der Waals surface area contributed by atoms with E-state index in [9.17, 15) is 58.7 Å². The van der Waals surface area contributed by atoms with Crippen LogP contribution in [0.3, 0.4) is 0 Å². The number of piperazine rings is 4. The standard InChI is InChI=1S/C23H21ClFN5O.2C23H22FN5O.C17H15F6N5O.11H2/c1-14(25)17-7-8-20(29-21(17)22(31)18-6-3-9-28-23(18)26)30-11-10-27-19(13-30)15-4-2-5-16(24)12-15;2*1-15(24)17-9-10-20(28-21(17)22(30)18-8-5-11-27-23(18)25)29-13-12-26-19(14-29)16-6-3-2-4-7-16;18-16(19,20)10-3-4-12(28-7-6-25-11(8-28)17(21,22)23)27-13(10)14(29)9-2-1-5-26-15(9)24;;;;;;;;;;;/h2-9,12,19,27H,1,10-11,13H2,(H2,26,28);2*2-11,19,26H,1,12-14H2,(H2,25,27);1-5,11,25H,6-8H2,(H2,24,26);11*1H/t;2*19-;;;;;;;;;;;;/m.10............/s1. The molecule has 4 aliphatic rings. The molecule has 4 aliphatic heterocycles. The minimum Gasteiger partial charge on any atom is -0.383 e. The fraction of sp³-hybridized carbons (Fsp3) is 0.209. The van der Waals surface area contributed by atoms with Crippen LogP contribution in [0.25, 0.3) is 17.5 Å². The first-order chi connectivity index (χ1) is 57.5. The first-order valence-electron chi connectivity index (χ1n) is 37.5. The average molecular weight is 1690 g/mol. The molecule has 4 fully saturated rings. The molecule has 0 bridgehead atoms. The zero-order valence-electron chi connectivity index (χ0n) is 64.1. The summed E-state index contributed by atoms with van der Waals surface area (Å²) in [7, 11) is 0. The van der Waals surface area contributed by atoms with Crippen LogP contribution in [0.5, 0.6) is 0 Å². The number of nitrogens with one attached hydrogen (secondary N) is 4. The highest BCUT2D eigenvalue weighted by atomic mass is 35.5. The second kappa shape index (κ2) is 38.4. The number of pyridine rings is 8. The van der Waals surface area contributed by atoms with E-state index in [-0.39, 0.29) is 132 Å². The van der Waals surface area contributed by atoms with Gasteiger partial charge in [-0.05, 0) is 126 Å². The number of carbonyl (C=O) groups excluding carboxylic acids is 4. The van der Waals surface area contributed by atoms with Crippen molar-refractivity contribution in [1.82, 2.24) is 61.1 Å². The molecule has 34 heteroatoms. The molecule has 4 atom stereocenters. The Labute approximate surface area is 704 Å². The van der Waals surface area contributed by atoms with Crippen molar-refractivity contribution in [2.45, 2.75) is 36.5 Å². The molecule has 0 saturated carbocycles. The van der Waals surface area contributed by atoms with Crippen LogP contribution in [0.15, 0.2) is 227 Å². The molecule has 12 N–H and O–H groups in total. The predicted molar refractivity (Wildman–Crippen MR) is 467 cm³/mol. The van der Waals surface area contributed by atoms with Crippen LogP contribution < -0.4 is 63.8 Å². The topological polar surface area (TPSA) is 337 Å². The lowest BCUT2D eigenvalue weighted by atomic mass is 10.0. The summed E-state index contributed by atoms with van der Waals surface area (Å²) in [5.74, 6) is -3.19. The number of hydrogen-bond donors (Lipinski definition) is 8. The van der Waals surface area contributed by atoms with Crippen molar-refractivity contribution in [2.75, 3.05) is 121 Å². The van der Waals surface area contributed by atoms with E-state index in [2.05, 4.69) is 120 Å². The monoisotopic (exact) mass is 1680 g/mol. The summed E-state index contributed by atoms with van der Waals surface area (Å²) in [5.41, 5.74) is 24.6. The number of nitrogen functional groups attached to an aromatic ring is 4. The molecule has 12 heterocycles. The maximum absolute atomic E-state index is 14.1. The van der Waals surface area contributed by atoms with Gasteiger partial charge in [0.05, 0.1) is 27.8 Å². The third-order valence-corrected chi connectivity index (χ3v) is 20.2. The van der Waals surface area contributed by atoms with Gasteiger partial charge in [0, 0.05) is 159 Å². The number of aromatic nitrogens is 8. The van der Waals surface area contributed by atoms with Gasteiger partial charge >= 0.3 is 12.4 Å². The summed E-state index contributed by atoms with van der Waals surface area (Å²) in [5, 5.41) is 13.4. The molecule has 11 aromatic rings. The molecule has 120 heavy (non-hydrogen) atoms. The summed E-state index contributed by atoms with van der Waals surface area (Å²) >= 11 is 6.14. The van der Waals surface area contributed by atoms with E-state index in [4.69, 9.17) is 34.5 Å². The largest absolute Gasteiger partial charge is 0.418 e. The fourth-order valence-corrected chi connectivity index (χ4v) is 14.0. The molecule has 2 unspecified atom stereocenters. The van der Waals surface area contributed by atoms with Gasteiger partial charge in [-0.2, -0.15) is 26.3 Å². The fourth-order valence-electron chi connectivity index (χ4n) is 13.8. The number of hydrogen-bond acceptors (Lipinski definition) is 24. The predicted octanol–water partition coefficient (Wildman–Crippen LogP) is 16.2. The van der Waals surface area contributed by atoms with Gasteiger partial charge in [0.1, 0.15) is 92.8 Å². The van der Waals surface area contributed by atoms with E-state index >= 15 is 0 Å². The highest BCUT2D eigenvalue weighted by molar-refractivity contribution is 6.30. The first kappa shape index (κ1) is 86.0. The lowest BCUT2D eigenvalue weighted by Gasteiger charge is -2.35. The number of halogens is 10. The minimum absolute atomic E-state index is 0. The molecule has 15 rings (SSSR count). The van der Waals surface area contributed by atoms with Crippen molar-refractivity contribution < 1.29 is 74.4 Å². The third kappa shape index (κ3) is 20.8. The van der Waals surface area contributed by atoms with E-state index in [1.54, 1.807) is 66.7 Å². The summed E-state index contributed by atoms with van der Waals surface area (Å²) in [4.78, 5) is 92.3. The van der Waals surface area contributed by atoms with Crippen LogP contribution in [0.2, 0.25) is 5.02 Å². The second-order valence-electron chi connectivity index (χ2n) is 27.8. The van der Waals surface area contributed by atoms with Crippen molar-refractivity contribution in [2.24, 2.45) is 0 Å². The Kier molecular flexibility index (Phi) is 27.5. The van der Waals surface area contributed by atoms with Crippen molar-refractivity contribution in [3.8, 4) is 0 Å². The number of nitrogens with zero attached hydrogens (tertiary/aromatic N) is 12. The normalized spacial score (nSPS) is 16.7. The summed E-state index contributed by atoms with van der Waals surface area (Å²) in [6, 6.07) is 49.7. The average Bonchev–Trinajstić information content (AvgIpc) is 0.781. The molecule has 0 radical (unpaired) electrons. The molecule has 0 amide bonds. The Morgan fingerprint density at radius 3 is 1.01 bits per heavy atom. The van der Waals surface area contributed by atoms with Crippen molar-refractivity contribution in [3.05, 3.63) is 316 Å². The molecule has 24 nitrogen and oxygen atoms in total. The number of alkyl halides is 6. The van der Waals surface area contributed by atoms with Gasteiger partial charge in [0.2, 0.25) is 23.1 Å². The van der Waals surface area contributed by atoms with Gasteiger partial charge in [-0.3, -0.25) is 19.2 Å². The minimum atomic E-state index is -4.90. The Hall–Kier alpha value is -13.3. The van der Waals surface area contributed by atoms with E-state index in [1.807, 2.05) is 60.7 Å². The third-order valence-electron chi connectivity index (χ3n) is 19.9.